The summed E-state index contributed by atoms with van der Waals surface area (Å²) in [6.07, 6.45) is 3.42. The van der Waals surface area contributed by atoms with Crippen LogP contribution in [-0.2, 0) is 16.0 Å². The fourth-order valence-electron chi connectivity index (χ4n) is 2.06. The predicted molar refractivity (Wildman–Crippen MR) is 79.4 cm³/mol. The Bertz CT molecular complexity index is 616. The van der Waals surface area contributed by atoms with Crippen LogP contribution in [0.15, 0.2) is 54.6 Å². The fourth-order valence-corrected chi connectivity index (χ4v) is 2.06. The van der Waals surface area contributed by atoms with E-state index in [1.807, 2.05) is 12.1 Å². The Morgan fingerprint density at radius 3 is 2.75 bits per heavy atom. The lowest BCUT2D eigenvalue weighted by atomic mass is 10.0. The molecule has 0 amide bonds. The quantitative estimate of drug-likeness (QED) is 0.671. The maximum atomic E-state index is 10.9. The highest BCUT2D eigenvalue weighted by Crippen LogP contribution is 2.17. The third-order valence-corrected chi connectivity index (χ3v) is 3.20. The molecule has 0 aromatic heterocycles. The molecule has 1 unspecified atom stereocenters. The number of esters is 1. The lowest BCUT2D eigenvalue weighted by Crippen LogP contribution is -2.05. The molecule has 2 aromatic rings. The zero-order chi connectivity index (χ0) is 14.4. The minimum Gasteiger partial charge on any atom is -0.466 e. The Balaban J connectivity index is 1.95. The third-order valence-electron chi connectivity index (χ3n) is 3.20. The van der Waals surface area contributed by atoms with Crippen molar-refractivity contribution in [3.8, 4) is 0 Å². The summed E-state index contributed by atoms with van der Waals surface area (Å²) < 4.78 is 4.47. The molecular formula is C17H18O3. The normalized spacial score (nSPS) is 12.7. The first-order chi connectivity index (χ1) is 9.69. The number of fused-ring (bicyclic) bond motifs is 1. The molecule has 0 aliphatic rings. The molecule has 0 radical (unpaired) electrons. The van der Waals surface area contributed by atoms with Gasteiger partial charge in [0.25, 0.3) is 0 Å². The number of rotatable bonds is 5. The summed E-state index contributed by atoms with van der Waals surface area (Å²) in [6.45, 7) is 0. The van der Waals surface area contributed by atoms with E-state index in [4.69, 9.17) is 0 Å². The topological polar surface area (TPSA) is 46.5 Å². The lowest BCUT2D eigenvalue weighted by Gasteiger charge is -2.07. The number of aryl methyl sites for hydroxylation is 1. The van der Waals surface area contributed by atoms with Gasteiger partial charge in [-0.2, -0.15) is 0 Å². The van der Waals surface area contributed by atoms with Crippen molar-refractivity contribution < 1.29 is 14.6 Å². The van der Waals surface area contributed by atoms with Crippen LogP contribution in [0.2, 0.25) is 0 Å². The summed E-state index contributed by atoms with van der Waals surface area (Å²) in [4.78, 5) is 10.9. The molecule has 20 heavy (non-hydrogen) atoms. The van der Waals surface area contributed by atoms with Crippen molar-refractivity contribution in [2.24, 2.45) is 0 Å². The summed E-state index contributed by atoms with van der Waals surface area (Å²) >= 11 is 0. The van der Waals surface area contributed by atoms with Gasteiger partial charge in [-0.25, -0.2) is 4.79 Å². The first kappa shape index (κ1) is 14.3. The average molecular weight is 270 g/mol. The standard InChI is InChI=1S/C17H18O3/c1-20-17(19)11-10-16(18)9-7-13-6-8-14-4-2-3-5-15(14)12-13/h2-6,8,10-12,16,18H,7,9H2,1H3. The minimum absolute atomic E-state index is 0.449. The van der Waals surface area contributed by atoms with Gasteiger partial charge in [-0.05, 0) is 35.3 Å². The zero-order valence-corrected chi connectivity index (χ0v) is 11.5. The molecule has 1 N–H and O–H groups in total. The second-order valence-corrected chi connectivity index (χ2v) is 4.67. The Kier molecular flexibility index (Phi) is 4.91. The molecule has 3 nitrogen and oxygen atoms in total. The van der Waals surface area contributed by atoms with E-state index in [1.165, 1.54) is 35.6 Å². The molecule has 0 aliphatic heterocycles. The largest absolute Gasteiger partial charge is 0.466 e. The van der Waals surface area contributed by atoms with Crippen molar-refractivity contribution in [2.45, 2.75) is 18.9 Å². The van der Waals surface area contributed by atoms with Gasteiger partial charge in [0.15, 0.2) is 0 Å². The number of aliphatic hydroxyl groups excluding tert-OH is 1. The lowest BCUT2D eigenvalue weighted by molar-refractivity contribution is -0.134. The van der Waals surface area contributed by atoms with Crippen LogP contribution >= 0.6 is 0 Å². The number of methoxy groups -OCH3 is 1. The SMILES string of the molecule is COC(=O)C=CC(O)CCc1ccc2ccccc2c1. The molecule has 104 valence electrons. The zero-order valence-electron chi connectivity index (χ0n) is 11.5. The highest BCUT2D eigenvalue weighted by atomic mass is 16.5. The Morgan fingerprint density at radius 2 is 2.00 bits per heavy atom. The number of carbonyl (C=O) groups excluding carboxylic acids is 1. The summed E-state index contributed by atoms with van der Waals surface area (Å²) in [5.41, 5.74) is 1.18. The molecule has 2 rings (SSSR count). The second kappa shape index (κ2) is 6.87. The minimum atomic E-state index is -0.638. The van der Waals surface area contributed by atoms with Gasteiger partial charge in [-0.15, -0.1) is 0 Å². The molecule has 0 heterocycles. The smallest absolute Gasteiger partial charge is 0.330 e. The van der Waals surface area contributed by atoms with Gasteiger partial charge in [0, 0.05) is 6.08 Å². The fraction of sp³-hybridized carbons (Fsp3) is 0.235. The van der Waals surface area contributed by atoms with Gasteiger partial charge >= 0.3 is 5.97 Å². The number of hydrogen-bond acceptors (Lipinski definition) is 3. The van der Waals surface area contributed by atoms with Crippen molar-refractivity contribution in [1.29, 1.82) is 0 Å². The molecule has 0 aliphatic carbocycles. The molecule has 2 aromatic carbocycles. The molecule has 3 heteroatoms. The monoisotopic (exact) mass is 270 g/mol. The molecule has 1 atom stereocenters. The van der Waals surface area contributed by atoms with E-state index in [1.54, 1.807) is 0 Å². The van der Waals surface area contributed by atoms with Crippen LogP contribution in [0.4, 0.5) is 0 Å². The number of aliphatic hydroxyl groups is 1. The number of ether oxygens (including phenoxy) is 1. The van der Waals surface area contributed by atoms with Crippen LogP contribution < -0.4 is 0 Å². The van der Waals surface area contributed by atoms with Gasteiger partial charge in [0.2, 0.25) is 0 Å². The van der Waals surface area contributed by atoms with Crippen molar-refractivity contribution >= 4 is 16.7 Å². The van der Waals surface area contributed by atoms with Gasteiger partial charge in [0.1, 0.15) is 0 Å². The van der Waals surface area contributed by atoms with Crippen molar-refractivity contribution in [3.63, 3.8) is 0 Å². The predicted octanol–water partition coefficient (Wildman–Crippen LogP) is 2.86. The van der Waals surface area contributed by atoms with Gasteiger partial charge in [-0.3, -0.25) is 0 Å². The summed E-state index contributed by atoms with van der Waals surface area (Å²) in [6, 6.07) is 14.5. The van der Waals surface area contributed by atoms with Gasteiger partial charge in [0.05, 0.1) is 13.2 Å². The van der Waals surface area contributed by atoms with Gasteiger partial charge in [-0.1, -0.05) is 42.5 Å². The third kappa shape index (κ3) is 3.93. The Labute approximate surface area is 118 Å². The molecule has 0 saturated carbocycles. The van der Waals surface area contributed by atoms with Crippen LogP contribution in [-0.4, -0.2) is 24.3 Å². The number of hydrogen-bond donors (Lipinski definition) is 1. The van der Waals surface area contributed by atoms with Crippen LogP contribution in [0.3, 0.4) is 0 Å². The summed E-state index contributed by atoms with van der Waals surface area (Å²) in [5.74, 6) is -0.449. The number of benzene rings is 2. The van der Waals surface area contributed by atoms with E-state index in [-0.39, 0.29) is 0 Å². The van der Waals surface area contributed by atoms with E-state index in [2.05, 4.69) is 35.1 Å². The molecule has 0 saturated heterocycles. The molecular weight excluding hydrogens is 252 g/mol. The van der Waals surface area contributed by atoms with E-state index in [0.717, 1.165) is 6.42 Å². The van der Waals surface area contributed by atoms with E-state index < -0.39 is 12.1 Å². The molecule has 0 spiro atoms. The molecule has 0 bridgehead atoms. The summed E-state index contributed by atoms with van der Waals surface area (Å²) in [5, 5.41) is 12.2. The van der Waals surface area contributed by atoms with Crippen LogP contribution in [0.25, 0.3) is 10.8 Å². The molecule has 0 fully saturated rings. The second-order valence-electron chi connectivity index (χ2n) is 4.67. The first-order valence-corrected chi connectivity index (χ1v) is 6.61. The maximum Gasteiger partial charge on any atom is 0.330 e. The highest BCUT2D eigenvalue weighted by Gasteiger charge is 2.03. The van der Waals surface area contributed by atoms with Crippen molar-refractivity contribution in [3.05, 3.63) is 60.2 Å². The Hall–Kier alpha value is -2.13. The average Bonchev–Trinajstić information content (AvgIpc) is 2.50. The van der Waals surface area contributed by atoms with E-state index in [9.17, 15) is 9.90 Å². The Morgan fingerprint density at radius 1 is 1.25 bits per heavy atom. The van der Waals surface area contributed by atoms with Crippen LogP contribution in [0.1, 0.15) is 12.0 Å². The number of carbonyl (C=O) groups is 1. The highest BCUT2D eigenvalue weighted by molar-refractivity contribution is 5.83. The van der Waals surface area contributed by atoms with Gasteiger partial charge < -0.3 is 9.84 Å². The first-order valence-electron chi connectivity index (χ1n) is 6.61. The van der Waals surface area contributed by atoms with Crippen LogP contribution in [0, 0.1) is 0 Å². The van der Waals surface area contributed by atoms with E-state index >= 15 is 0 Å². The van der Waals surface area contributed by atoms with Crippen molar-refractivity contribution in [1.82, 2.24) is 0 Å². The van der Waals surface area contributed by atoms with Crippen molar-refractivity contribution in [2.75, 3.05) is 7.11 Å². The van der Waals surface area contributed by atoms with Crippen LogP contribution in [0.5, 0.6) is 0 Å². The maximum absolute atomic E-state index is 10.9. The van der Waals surface area contributed by atoms with E-state index in [0.29, 0.717) is 6.42 Å². The summed E-state index contributed by atoms with van der Waals surface area (Å²) in [7, 11) is 1.31.